The smallest absolute Gasteiger partial charge is 0.337 e. The fourth-order valence-corrected chi connectivity index (χ4v) is 4.35. The largest absolute Gasteiger partial charge is 0.478 e. The van der Waals surface area contributed by atoms with Gasteiger partial charge < -0.3 is 10.4 Å². The van der Waals surface area contributed by atoms with Gasteiger partial charge in [-0.05, 0) is 55.5 Å². The first-order valence-corrected chi connectivity index (χ1v) is 9.59. The fourth-order valence-electron chi connectivity index (χ4n) is 3.06. The Bertz CT molecular complexity index is 923. The molecule has 1 aliphatic heterocycles. The van der Waals surface area contributed by atoms with E-state index in [4.69, 9.17) is 0 Å². The zero-order chi connectivity index (χ0) is 18.0. The Balaban J connectivity index is 2.03. The minimum absolute atomic E-state index is 0.0851. The molecule has 0 aromatic heterocycles. The summed E-state index contributed by atoms with van der Waals surface area (Å²) in [4.78, 5) is 11.8. The Kier molecular flexibility index (Phi) is 4.67. The standard InChI is InChI=1S/C18H20N2O4S/c1-12-6-2-3-8-16(12)25(23,24)20-14-10-13-7-4-5-9-19-17(13)15(11-14)18(21)22/h2-3,6,8,10-11,19-20H,4-5,7,9H2,1H3,(H,21,22). The SMILES string of the molecule is Cc1ccccc1S(=O)(=O)Nc1cc2c(c(C(=O)O)c1)NCCCC2. The van der Waals surface area contributed by atoms with E-state index in [1.165, 1.54) is 12.1 Å². The molecule has 0 saturated carbocycles. The van der Waals surface area contributed by atoms with Crippen molar-refractivity contribution < 1.29 is 18.3 Å². The summed E-state index contributed by atoms with van der Waals surface area (Å²) >= 11 is 0. The average molecular weight is 360 g/mol. The fraction of sp³-hybridized carbons (Fsp3) is 0.278. The van der Waals surface area contributed by atoms with Crippen LogP contribution in [0.2, 0.25) is 0 Å². The van der Waals surface area contributed by atoms with Crippen LogP contribution in [0.5, 0.6) is 0 Å². The van der Waals surface area contributed by atoms with Crippen LogP contribution in [0.25, 0.3) is 0 Å². The van der Waals surface area contributed by atoms with Crippen molar-refractivity contribution in [1.29, 1.82) is 0 Å². The van der Waals surface area contributed by atoms with Gasteiger partial charge in [0.1, 0.15) is 0 Å². The highest BCUT2D eigenvalue weighted by atomic mass is 32.2. The molecule has 6 nitrogen and oxygen atoms in total. The third-order valence-electron chi connectivity index (χ3n) is 4.26. The lowest BCUT2D eigenvalue weighted by atomic mass is 10.0. The zero-order valence-corrected chi connectivity index (χ0v) is 14.7. The summed E-state index contributed by atoms with van der Waals surface area (Å²) in [5.41, 5.74) is 2.39. The Morgan fingerprint density at radius 2 is 1.96 bits per heavy atom. The number of carboxylic acids is 1. The van der Waals surface area contributed by atoms with Gasteiger partial charge >= 0.3 is 5.97 Å². The van der Waals surface area contributed by atoms with E-state index >= 15 is 0 Å². The number of aromatic carboxylic acids is 1. The van der Waals surface area contributed by atoms with E-state index in [0.29, 0.717) is 24.2 Å². The van der Waals surface area contributed by atoms with Crippen molar-refractivity contribution in [2.24, 2.45) is 0 Å². The summed E-state index contributed by atoms with van der Waals surface area (Å²) in [5, 5.41) is 12.6. The number of anilines is 2. The van der Waals surface area contributed by atoms with E-state index in [2.05, 4.69) is 10.0 Å². The van der Waals surface area contributed by atoms with E-state index in [0.717, 1.165) is 18.4 Å². The molecule has 1 heterocycles. The second-order valence-electron chi connectivity index (χ2n) is 6.12. The van der Waals surface area contributed by atoms with E-state index < -0.39 is 16.0 Å². The molecule has 0 fully saturated rings. The van der Waals surface area contributed by atoms with Gasteiger partial charge in [0.15, 0.2) is 0 Å². The minimum Gasteiger partial charge on any atom is -0.478 e. The van der Waals surface area contributed by atoms with Crippen LogP contribution >= 0.6 is 0 Å². The molecule has 3 N–H and O–H groups in total. The van der Waals surface area contributed by atoms with Crippen LogP contribution in [0.15, 0.2) is 41.3 Å². The maximum Gasteiger partial charge on any atom is 0.337 e. The number of carbonyl (C=O) groups is 1. The molecular formula is C18H20N2O4S. The van der Waals surface area contributed by atoms with Gasteiger partial charge in [0.2, 0.25) is 0 Å². The lowest BCUT2D eigenvalue weighted by molar-refractivity contribution is 0.0698. The van der Waals surface area contributed by atoms with Crippen molar-refractivity contribution in [3.05, 3.63) is 53.1 Å². The molecule has 2 aromatic carbocycles. The first-order valence-electron chi connectivity index (χ1n) is 8.11. The van der Waals surface area contributed by atoms with E-state index in [1.54, 1.807) is 31.2 Å². The van der Waals surface area contributed by atoms with Crippen molar-refractivity contribution in [2.45, 2.75) is 31.1 Å². The minimum atomic E-state index is -3.79. The second kappa shape index (κ2) is 6.76. The topological polar surface area (TPSA) is 95.5 Å². The van der Waals surface area contributed by atoms with Crippen molar-refractivity contribution >= 4 is 27.4 Å². The third kappa shape index (κ3) is 3.61. The van der Waals surface area contributed by atoms with Gasteiger partial charge in [-0.25, -0.2) is 13.2 Å². The van der Waals surface area contributed by atoms with Crippen molar-refractivity contribution in [1.82, 2.24) is 0 Å². The second-order valence-corrected chi connectivity index (χ2v) is 7.77. The highest BCUT2D eigenvalue weighted by Gasteiger charge is 2.21. The van der Waals surface area contributed by atoms with Gasteiger partial charge in [0.25, 0.3) is 10.0 Å². The summed E-state index contributed by atoms with van der Waals surface area (Å²) in [6, 6.07) is 9.76. The molecule has 0 bridgehead atoms. The lowest BCUT2D eigenvalue weighted by Crippen LogP contribution is -2.16. The molecule has 0 radical (unpaired) electrons. The number of hydrogen-bond donors (Lipinski definition) is 3. The number of fused-ring (bicyclic) bond motifs is 1. The number of hydrogen-bond acceptors (Lipinski definition) is 4. The molecule has 0 aliphatic carbocycles. The molecule has 0 atom stereocenters. The quantitative estimate of drug-likeness (QED) is 0.778. The van der Waals surface area contributed by atoms with Crippen molar-refractivity contribution in [2.75, 3.05) is 16.6 Å². The van der Waals surface area contributed by atoms with E-state index in [9.17, 15) is 18.3 Å². The lowest BCUT2D eigenvalue weighted by Gasteiger charge is -2.16. The van der Waals surface area contributed by atoms with Crippen LogP contribution in [0, 0.1) is 6.92 Å². The number of carboxylic acid groups (broad SMARTS) is 1. The van der Waals surface area contributed by atoms with Gasteiger partial charge in [0.05, 0.1) is 21.8 Å². The van der Waals surface area contributed by atoms with E-state index in [-0.39, 0.29) is 16.1 Å². The van der Waals surface area contributed by atoms with Crippen molar-refractivity contribution in [3.8, 4) is 0 Å². The molecule has 25 heavy (non-hydrogen) atoms. The highest BCUT2D eigenvalue weighted by molar-refractivity contribution is 7.92. The van der Waals surface area contributed by atoms with Gasteiger partial charge in [-0.2, -0.15) is 0 Å². The predicted molar refractivity (Wildman–Crippen MR) is 96.8 cm³/mol. The van der Waals surface area contributed by atoms with Crippen molar-refractivity contribution in [3.63, 3.8) is 0 Å². The molecule has 1 aliphatic rings. The first kappa shape index (κ1) is 17.3. The van der Waals surface area contributed by atoms with Crippen LogP contribution in [0.3, 0.4) is 0 Å². The van der Waals surface area contributed by atoms with Gasteiger partial charge in [-0.3, -0.25) is 4.72 Å². The molecule has 0 unspecified atom stereocenters. The molecule has 0 amide bonds. The maximum absolute atomic E-state index is 12.7. The monoisotopic (exact) mass is 360 g/mol. The third-order valence-corrected chi connectivity index (χ3v) is 5.80. The predicted octanol–water partition coefficient (Wildman–Crippen LogP) is 3.24. The number of aryl methyl sites for hydroxylation is 2. The van der Waals surface area contributed by atoms with Gasteiger partial charge in [0, 0.05) is 6.54 Å². The van der Waals surface area contributed by atoms with Gasteiger partial charge in [-0.15, -0.1) is 0 Å². The number of nitrogens with one attached hydrogen (secondary N) is 2. The zero-order valence-electron chi connectivity index (χ0n) is 13.9. The van der Waals surface area contributed by atoms with Crippen LogP contribution < -0.4 is 10.0 Å². The number of benzene rings is 2. The summed E-state index contributed by atoms with van der Waals surface area (Å²) in [6.45, 7) is 2.43. The summed E-state index contributed by atoms with van der Waals surface area (Å²) < 4.78 is 27.9. The Morgan fingerprint density at radius 3 is 2.68 bits per heavy atom. The summed E-state index contributed by atoms with van der Waals surface area (Å²) in [5.74, 6) is -1.08. The van der Waals surface area contributed by atoms with Gasteiger partial charge in [-0.1, -0.05) is 18.2 Å². The Labute approximate surface area is 146 Å². The first-order chi connectivity index (χ1) is 11.9. The normalized spacial score (nSPS) is 14.1. The highest BCUT2D eigenvalue weighted by Crippen LogP contribution is 2.31. The molecule has 132 valence electrons. The number of sulfonamides is 1. The molecule has 7 heteroatoms. The van der Waals surface area contributed by atoms with Crippen LogP contribution in [0.4, 0.5) is 11.4 Å². The van der Waals surface area contributed by atoms with Crippen LogP contribution in [0.1, 0.15) is 34.3 Å². The van der Waals surface area contributed by atoms with Crippen LogP contribution in [-0.4, -0.2) is 26.0 Å². The molecule has 2 aromatic rings. The maximum atomic E-state index is 12.7. The Hall–Kier alpha value is -2.54. The molecular weight excluding hydrogens is 340 g/mol. The average Bonchev–Trinajstić information content (AvgIpc) is 2.79. The molecule has 0 saturated heterocycles. The van der Waals surface area contributed by atoms with E-state index in [1.807, 2.05) is 0 Å². The number of rotatable bonds is 4. The summed E-state index contributed by atoms with van der Waals surface area (Å²) in [6.07, 6.45) is 2.58. The Morgan fingerprint density at radius 1 is 1.20 bits per heavy atom. The molecule has 3 rings (SSSR count). The molecule has 0 spiro atoms. The summed E-state index contributed by atoms with van der Waals surface area (Å²) in [7, 11) is -3.79. The van der Waals surface area contributed by atoms with Crippen LogP contribution in [-0.2, 0) is 16.4 Å².